The van der Waals surface area contributed by atoms with Crippen molar-refractivity contribution < 1.29 is 9.94 Å². The zero-order chi connectivity index (χ0) is 5.91. The Balaban J connectivity index is 0. The van der Waals surface area contributed by atoms with Gasteiger partial charge in [-0.05, 0) is 13.8 Å². The van der Waals surface area contributed by atoms with Crippen molar-refractivity contribution in [3.8, 4) is 0 Å². The fourth-order valence-electron chi connectivity index (χ4n) is 0.204. The van der Waals surface area contributed by atoms with Gasteiger partial charge in [0.1, 0.15) is 0 Å². The van der Waals surface area contributed by atoms with Crippen LogP contribution in [0, 0.1) is 0 Å². The molecular weight excluding hydrogens is 130 g/mol. The maximum atomic E-state index is 8.81. The average Bonchev–Trinajstić information content (AvgIpc) is 1.30. The van der Waals surface area contributed by atoms with Gasteiger partial charge in [-0.1, -0.05) is 0 Å². The van der Waals surface area contributed by atoms with Crippen molar-refractivity contribution in [2.24, 2.45) is 5.90 Å². The summed E-state index contributed by atoms with van der Waals surface area (Å²) >= 11 is 0. The number of nitrogens with two attached hydrogens (primary N) is 1. The molecule has 0 unspecified atom stereocenters. The Hall–Kier alpha value is 0.170. The van der Waals surface area contributed by atoms with Crippen molar-refractivity contribution >= 4 is 12.4 Å². The summed E-state index contributed by atoms with van der Waals surface area (Å²) in [6.45, 7) is 3.42. The van der Waals surface area contributed by atoms with Crippen LogP contribution in [-0.4, -0.2) is 17.3 Å². The van der Waals surface area contributed by atoms with E-state index in [2.05, 4.69) is 10.7 Å². The van der Waals surface area contributed by atoms with Crippen LogP contribution in [0.4, 0.5) is 0 Å². The highest BCUT2D eigenvalue weighted by Gasteiger charge is 2.10. The topological polar surface area (TPSA) is 55.5 Å². The van der Waals surface area contributed by atoms with Gasteiger partial charge in [0.2, 0.25) is 0 Å². The fourth-order valence-corrected chi connectivity index (χ4v) is 0.204. The van der Waals surface area contributed by atoms with Crippen molar-refractivity contribution in [3.63, 3.8) is 0 Å². The fraction of sp³-hybridized carbons (Fsp3) is 1.00. The van der Waals surface area contributed by atoms with Crippen LogP contribution in [0.25, 0.3) is 0 Å². The molecule has 0 amide bonds. The lowest BCUT2D eigenvalue weighted by Gasteiger charge is -2.13. The van der Waals surface area contributed by atoms with Gasteiger partial charge in [0.15, 0.2) is 0 Å². The van der Waals surface area contributed by atoms with E-state index in [0.717, 1.165) is 0 Å². The van der Waals surface area contributed by atoms with E-state index in [1.165, 1.54) is 0 Å². The highest BCUT2D eigenvalue weighted by molar-refractivity contribution is 5.85. The summed E-state index contributed by atoms with van der Waals surface area (Å²) in [6, 6.07) is 0. The quantitative estimate of drug-likeness (QED) is 0.535. The summed E-state index contributed by atoms with van der Waals surface area (Å²) in [5.74, 6) is 4.65. The first-order valence-electron chi connectivity index (χ1n) is 2.10. The second kappa shape index (κ2) is 4.09. The van der Waals surface area contributed by atoms with E-state index in [1.807, 2.05) is 0 Å². The van der Waals surface area contributed by atoms with E-state index < -0.39 is 5.60 Å². The molecule has 8 heavy (non-hydrogen) atoms. The molecule has 0 saturated heterocycles. The van der Waals surface area contributed by atoms with Crippen LogP contribution >= 0.6 is 12.4 Å². The molecule has 3 N–H and O–H groups in total. The first-order valence-corrected chi connectivity index (χ1v) is 2.10. The summed E-state index contributed by atoms with van der Waals surface area (Å²) in [4.78, 5) is 4.16. The maximum Gasteiger partial charge on any atom is 0.0961 e. The molecule has 0 aliphatic heterocycles. The summed E-state index contributed by atoms with van der Waals surface area (Å²) in [7, 11) is 0. The van der Waals surface area contributed by atoms with E-state index in [1.54, 1.807) is 13.8 Å². The first kappa shape index (κ1) is 11.0. The highest BCUT2D eigenvalue weighted by atomic mass is 35.5. The van der Waals surface area contributed by atoms with Crippen LogP contribution < -0.4 is 5.90 Å². The maximum absolute atomic E-state index is 8.81. The second-order valence-corrected chi connectivity index (χ2v) is 2.12. The van der Waals surface area contributed by atoms with Gasteiger partial charge in [0, 0.05) is 0 Å². The van der Waals surface area contributed by atoms with Crippen molar-refractivity contribution in [2.45, 2.75) is 19.4 Å². The third kappa shape index (κ3) is 9.48. The third-order valence-corrected chi connectivity index (χ3v) is 0.437. The van der Waals surface area contributed by atoms with E-state index in [4.69, 9.17) is 5.11 Å². The van der Waals surface area contributed by atoms with Crippen LogP contribution in [0.3, 0.4) is 0 Å². The molecule has 0 fully saturated rings. The van der Waals surface area contributed by atoms with Crippen LogP contribution in [0.2, 0.25) is 0 Å². The molecule has 0 aromatic rings. The monoisotopic (exact) mass is 141 g/mol. The summed E-state index contributed by atoms with van der Waals surface area (Å²) in [5, 5.41) is 8.81. The molecule has 0 spiro atoms. The first-order chi connectivity index (χ1) is 3.06. The van der Waals surface area contributed by atoms with Gasteiger partial charge in [0.05, 0.1) is 12.2 Å². The summed E-state index contributed by atoms with van der Waals surface area (Å²) < 4.78 is 0. The molecular formula is C4H12ClNO2. The van der Waals surface area contributed by atoms with Gasteiger partial charge >= 0.3 is 0 Å². The number of rotatable bonds is 2. The zero-order valence-corrected chi connectivity index (χ0v) is 5.86. The van der Waals surface area contributed by atoms with Gasteiger partial charge in [0.25, 0.3) is 0 Å². The lowest BCUT2D eigenvalue weighted by molar-refractivity contribution is -0.0215. The molecule has 0 aromatic carbocycles. The standard InChI is InChI=1S/C4H11NO2.ClH/c1-4(2,6)3-7-5;/h6H,3,5H2,1-2H3;1H. The molecule has 0 aliphatic rings. The third-order valence-electron chi connectivity index (χ3n) is 0.437. The normalized spacial score (nSPS) is 10.5. The Bertz CT molecular complexity index is 52.5. The molecule has 0 saturated carbocycles. The predicted molar refractivity (Wildman–Crippen MR) is 33.7 cm³/mol. The molecule has 3 nitrogen and oxygen atoms in total. The molecule has 4 heteroatoms. The number of halogens is 1. The Labute approximate surface area is 55.2 Å². The van der Waals surface area contributed by atoms with Gasteiger partial charge in [-0.2, -0.15) is 0 Å². The molecule has 0 radical (unpaired) electrons. The van der Waals surface area contributed by atoms with Crippen LogP contribution in [0.5, 0.6) is 0 Å². The van der Waals surface area contributed by atoms with Crippen molar-refractivity contribution in [2.75, 3.05) is 6.61 Å². The second-order valence-electron chi connectivity index (χ2n) is 2.12. The van der Waals surface area contributed by atoms with E-state index in [9.17, 15) is 0 Å². The Morgan fingerprint density at radius 2 is 2.00 bits per heavy atom. The Morgan fingerprint density at radius 1 is 1.62 bits per heavy atom. The lowest BCUT2D eigenvalue weighted by atomic mass is 10.2. The minimum Gasteiger partial charge on any atom is -0.388 e. The summed E-state index contributed by atoms with van der Waals surface area (Å²) in [5.41, 5.74) is -0.797. The summed E-state index contributed by atoms with van der Waals surface area (Å²) in [6.07, 6.45) is 0. The van der Waals surface area contributed by atoms with Crippen molar-refractivity contribution in [3.05, 3.63) is 0 Å². The van der Waals surface area contributed by atoms with Crippen molar-refractivity contribution in [1.29, 1.82) is 0 Å². The Morgan fingerprint density at radius 3 is 2.00 bits per heavy atom. The number of aliphatic hydroxyl groups is 1. The zero-order valence-electron chi connectivity index (χ0n) is 5.05. The van der Waals surface area contributed by atoms with Crippen molar-refractivity contribution in [1.82, 2.24) is 0 Å². The largest absolute Gasteiger partial charge is 0.388 e. The van der Waals surface area contributed by atoms with Gasteiger partial charge in [-0.25, -0.2) is 5.90 Å². The Kier molecular flexibility index (Phi) is 5.64. The molecule has 0 aliphatic carbocycles. The highest BCUT2D eigenvalue weighted by Crippen LogP contribution is 1.97. The SMILES string of the molecule is CC(C)(O)CON.Cl. The van der Waals surface area contributed by atoms with Crippen LogP contribution in [0.15, 0.2) is 0 Å². The predicted octanol–water partition coefficient (Wildman–Crippen LogP) is 0.0694. The van der Waals surface area contributed by atoms with Crippen LogP contribution in [-0.2, 0) is 4.84 Å². The van der Waals surface area contributed by atoms with E-state index in [0.29, 0.717) is 0 Å². The van der Waals surface area contributed by atoms with Gasteiger partial charge < -0.3 is 9.94 Å². The van der Waals surface area contributed by atoms with Gasteiger partial charge in [-0.15, -0.1) is 12.4 Å². The molecule has 52 valence electrons. The number of hydrogen-bond donors (Lipinski definition) is 2. The minimum absolute atomic E-state index is 0. The number of hydrogen-bond acceptors (Lipinski definition) is 3. The molecule has 0 bridgehead atoms. The molecule has 0 rings (SSSR count). The van der Waals surface area contributed by atoms with E-state index >= 15 is 0 Å². The van der Waals surface area contributed by atoms with Crippen LogP contribution in [0.1, 0.15) is 13.8 Å². The molecule has 0 heterocycles. The average molecular weight is 142 g/mol. The molecule has 0 aromatic heterocycles. The minimum atomic E-state index is -0.797. The van der Waals surface area contributed by atoms with E-state index in [-0.39, 0.29) is 19.0 Å². The van der Waals surface area contributed by atoms with Gasteiger partial charge in [-0.3, -0.25) is 0 Å². The molecule has 0 atom stereocenters. The smallest absolute Gasteiger partial charge is 0.0961 e. The lowest BCUT2D eigenvalue weighted by Crippen LogP contribution is -2.27.